The van der Waals surface area contributed by atoms with Crippen LogP contribution >= 0.6 is 11.6 Å². The molecule has 5 heteroatoms. The number of aliphatic hydroxyl groups is 1. The summed E-state index contributed by atoms with van der Waals surface area (Å²) in [4.78, 5) is 0. The van der Waals surface area contributed by atoms with Crippen LogP contribution in [0.1, 0.15) is 17.2 Å². The van der Waals surface area contributed by atoms with E-state index >= 15 is 0 Å². The van der Waals surface area contributed by atoms with Crippen molar-refractivity contribution in [3.05, 3.63) is 58.4 Å². The van der Waals surface area contributed by atoms with Crippen LogP contribution in [0.25, 0.3) is 0 Å². The van der Waals surface area contributed by atoms with E-state index in [-0.39, 0.29) is 11.3 Å². The average Bonchev–Trinajstić information content (AvgIpc) is 2.46. The van der Waals surface area contributed by atoms with E-state index in [4.69, 9.17) is 21.1 Å². The van der Waals surface area contributed by atoms with Gasteiger partial charge in [-0.25, -0.2) is 4.39 Å². The molecule has 0 aromatic heterocycles. The van der Waals surface area contributed by atoms with Gasteiger partial charge < -0.3 is 14.6 Å². The van der Waals surface area contributed by atoms with Gasteiger partial charge in [-0.1, -0.05) is 23.7 Å². The third-order valence-electron chi connectivity index (χ3n) is 3.01. The molecule has 0 saturated heterocycles. The quantitative estimate of drug-likeness (QED) is 0.937. The topological polar surface area (TPSA) is 38.7 Å². The summed E-state index contributed by atoms with van der Waals surface area (Å²) in [5.74, 6) is 0.277. The Bertz CT molecular complexity index is 616. The van der Waals surface area contributed by atoms with Crippen molar-refractivity contribution in [2.75, 3.05) is 14.2 Å². The van der Waals surface area contributed by atoms with Crippen LogP contribution in [0.3, 0.4) is 0 Å². The smallest absolute Gasteiger partial charge is 0.133 e. The van der Waals surface area contributed by atoms with Gasteiger partial charge in [0.1, 0.15) is 23.4 Å². The molecule has 0 aliphatic carbocycles. The Balaban J connectivity index is 2.49. The Labute approximate surface area is 121 Å². The summed E-state index contributed by atoms with van der Waals surface area (Å²) in [6.07, 6.45) is -1.22. The fraction of sp³-hybridized carbons (Fsp3) is 0.200. The highest BCUT2D eigenvalue weighted by Crippen LogP contribution is 2.36. The third kappa shape index (κ3) is 2.71. The Morgan fingerprint density at radius 3 is 2.50 bits per heavy atom. The molecule has 0 aliphatic rings. The van der Waals surface area contributed by atoms with Crippen LogP contribution in [0, 0.1) is 5.82 Å². The molecule has 2 aromatic carbocycles. The Morgan fingerprint density at radius 2 is 1.90 bits per heavy atom. The number of halogens is 2. The molecule has 2 aromatic rings. The summed E-state index contributed by atoms with van der Waals surface area (Å²) in [7, 11) is 2.93. The first-order chi connectivity index (χ1) is 9.58. The zero-order valence-corrected chi connectivity index (χ0v) is 11.8. The van der Waals surface area contributed by atoms with E-state index in [2.05, 4.69) is 0 Å². The average molecular weight is 297 g/mol. The molecule has 1 N–H and O–H groups in total. The molecule has 0 fully saturated rings. The van der Waals surface area contributed by atoms with Crippen LogP contribution < -0.4 is 9.47 Å². The molecule has 2 rings (SSSR count). The minimum Gasteiger partial charge on any atom is -0.497 e. The van der Waals surface area contributed by atoms with Gasteiger partial charge in [-0.05, 0) is 24.3 Å². The summed E-state index contributed by atoms with van der Waals surface area (Å²) in [6.45, 7) is 0. The van der Waals surface area contributed by atoms with E-state index in [0.717, 1.165) is 0 Å². The van der Waals surface area contributed by atoms with Gasteiger partial charge in [0.15, 0.2) is 0 Å². The molecule has 1 atom stereocenters. The van der Waals surface area contributed by atoms with Gasteiger partial charge in [0.2, 0.25) is 0 Å². The van der Waals surface area contributed by atoms with Gasteiger partial charge in [-0.2, -0.15) is 0 Å². The molecule has 1 unspecified atom stereocenters. The molecule has 0 bridgehead atoms. The van der Waals surface area contributed by atoms with Crippen molar-refractivity contribution < 1.29 is 19.0 Å². The summed E-state index contributed by atoms with van der Waals surface area (Å²) in [5, 5.41) is 10.7. The molecule has 0 heterocycles. The minimum atomic E-state index is -1.22. The van der Waals surface area contributed by atoms with Crippen LogP contribution in [0.2, 0.25) is 5.02 Å². The van der Waals surface area contributed by atoms with E-state index < -0.39 is 11.9 Å². The van der Waals surface area contributed by atoms with Crippen molar-refractivity contribution >= 4 is 11.6 Å². The van der Waals surface area contributed by atoms with Gasteiger partial charge >= 0.3 is 0 Å². The maximum Gasteiger partial charge on any atom is 0.133 e. The molecule has 0 spiro atoms. The molecule has 0 radical (unpaired) electrons. The fourth-order valence-corrected chi connectivity index (χ4v) is 2.25. The van der Waals surface area contributed by atoms with Crippen LogP contribution in [-0.2, 0) is 0 Å². The van der Waals surface area contributed by atoms with Gasteiger partial charge in [-0.3, -0.25) is 0 Å². The lowest BCUT2D eigenvalue weighted by molar-refractivity contribution is 0.209. The summed E-state index contributed by atoms with van der Waals surface area (Å²) in [6, 6.07) is 9.17. The summed E-state index contributed by atoms with van der Waals surface area (Å²) >= 11 is 6.10. The number of aliphatic hydroxyl groups excluding tert-OH is 1. The van der Waals surface area contributed by atoms with Crippen LogP contribution in [0.15, 0.2) is 36.4 Å². The highest BCUT2D eigenvalue weighted by molar-refractivity contribution is 6.31. The highest BCUT2D eigenvalue weighted by atomic mass is 35.5. The van der Waals surface area contributed by atoms with E-state index in [9.17, 15) is 9.50 Å². The van der Waals surface area contributed by atoms with E-state index in [0.29, 0.717) is 16.3 Å². The number of benzene rings is 2. The first-order valence-corrected chi connectivity index (χ1v) is 6.30. The van der Waals surface area contributed by atoms with Crippen molar-refractivity contribution in [2.45, 2.75) is 6.10 Å². The van der Waals surface area contributed by atoms with E-state index in [1.807, 2.05) is 0 Å². The van der Waals surface area contributed by atoms with Crippen molar-refractivity contribution in [3.63, 3.8) is 0 Å². The van der Waals surface area contributed by atoms with Gasteiger partial charge in [0.05, 0.1) is 24.8 Å². The molecule has 0 saturated carbocycles. The zero-order valence-electron chi connectivity index (χ0n) is 11.1. The van der Waals surface area contributed by atoms with E-state index in [1.165, 1.54) is 26.4 Å². The Morgan fingerprint density at radius 1 is 1.15 bits per heavy atom. The van der Waals surface area contributed by atoms with Crippen LogP contribution in [0.5, 0.6) is 11.5 Å². The predicted octanol–water partition coefficient (Wildman–Crippen LogP) is 3.58. The largest absolute Gasteiger partial charge is 0.497 e. The first kappa shape index (κ1) is 14.6. The molecule has 20 heavy (non-hydrogen) atoms. The lowest BCUT2D eigenvalue weighted by Gasteiger charge is -2.17. The second-order valence-corrected chi connectivity index (χ2v) is 4.55. The lowest BCUT2D eigenvalue weighted by atomic mass is 10.00. The molecular formula is C15H14ClFO3. The molecular weight excluding hydrogens is 283 g/mol. The molecule has 106 valence electrons. The molecule has 0 aliphatic heterocycles. The van der Waals surface area contributed by atoms with Crippen molar-refractivity contribution in [2.24, 2.45) is 0 Å². The fourth-order valence-electron chi connectivity index (χ4n) is 1.97. The minimum absolute atomic E-state index is 0.0575. The monoisotopic (exact) mass is 296 g/mol. The number of hydrogen-bond donors (Lipinski definition) is 1. The van der Waals surface area contributed by atoms with Gasteiger partial charge in [-0.15, -0.1) is 0 Å². The maximum absolute atomic E-state index is 13.9. The van der Waals surface area contributed by atoms with E-state index in [1.54, 1.807) is 24.3 Å². The highest BCUT2D eigenvalue weighted by Gasteiger charge is 2.22. The Kier molecular flexibility index (Phi) is 4.47. The number of rotatable bonds is 4. The lowest BCUT2D eigenvalue weighted by Crippen LogP contribution is -2.06. The third-order valence-corrected chi connectivity index (χ3v) is 3.34. The zero-order chi connectivity index (χ0) is 14.7. The standard InChI is InChI=1S/C15H14ClFO3/c1-19-9-6-7-10(11(16)8-9)15(18)14-12(17)4-3-5-13(14)20-2/h3-8,15,18H,1-2H3. The molecule has 0 amide bonds. The summed E-state index contributed by atoms with van der Waals surface area (Å²) in [5.41, 5.74) is 0.443. The van der Waals surface area contributed by atoms with Gasteiger partial charge in [0.25, 0.3) is 0 Å². The second kappa shape index (κ2) is 6.11. The second-order valence-electron chi connectivity index (χ2n) is 4.15. The molecule has 3 nitrogen and oxygen atoms in total. The number of ether oxygens (including phenoxy) is 2. The van der Waals surface area contributed by atoms with Crippen molar-refractivity contribution in [1.82, 2.24) is 0 Å². The number of hydrogen-bond acceptors (Lipinski definition) is 3. The number of methoxy groups -OCH3 is 2. The maximum atomic E-state index is 13.9. The first-order valence-electron chi connectivity index (χ1n) is 5.92. The normalized spacial score (nSPS) is 12.1. The van der Waals surface area contributed by atoms with Crippen LogP contribution in [-0.4, -0.2) is 19.3 Å². The van der Waals surface area contributed by atoms with Crippen molar-refractivity contribution in [1.29, 1.82) is 0 Å². The summed E-state index contributed by atoms with van der Waals surface area (Å²) < 4.78 is 24.1. The van der Waals surface area contributed by atoms with Crippen molar-refractivity contribution in [3.8, 4) is 11.5 Å². The Hall–Kier alpha value is -1.78. The predicted molar refractivity (Wildman–Crippen MR) is 75.0 cm³/mol. The van der Waals surface area contributed by atoms with Crippen LogP contribution in [0.4, 0.5) is 4.39 Å². The SMILES string of the molecule is COc1ccc(C(O)c2c(F)cccc2OC)c(Cl)c1. The van der Waals surface area contributed by atoms with Gasteiger partial charge in [0, 0.05) is 5.56 Å².